The molecule has 0 radical (unpaired) electrons. The van der Waals surface area contributed by atoms with Gasteiger partial charge in [-0.2, -0.15) is 0 Å². The number of amides is 3. The lowest BCUT2D eigenvalue weighted by Crippen LogP contribution is -2.48. The molecule has 0 saturated heterocycles. The van der Waals surface area contributed by atoms with Gasteiger partial charge in [-0.3, -0.25) is 4.79 Å². The van der Waals surface area contributed by atoms with E-state index < -0.39 is 0 Å². The average molecular weight is 380 g/mol. The summed E-state index contributed by atoms with van der Waals surface area (Å²) in [5, 5.41) is 2.98. The Morgan fingerprint density at radius 3 is 2.29 bits per heavy atom. The van der Waals surface area contributed by atoms with Gasteiger partial charge < -0.3 is 19.7 Å². The van der Waals surface area contributed by atoms with E-state index in [1.54, 1.807) is 4.90 Å². The van der Waals surface area contributed by atoms with Crippen molar-refractivity contribution in [1.29, 1.82) is 0 Å². The molecular weight excluding hydrogens is 352 g/mol. The molecule has 2 aliphatic rings. The van der Waals surface area contributed by atoms with Crippen LogP contribution in [0.5, 0.6) is 0 Å². The smallest absolute Gasteiger partial charge is 0.318 e. The number of nitrogens with zero attached hydrogens (tertiary/aromatic N) is 3. The third-order valence-corrected chi connectivity index (χ3v) is 5.53. The molecule has 0 aliphatic heterocycles. The Hall–Kier alpha value is -2.76. The Kier molecular flexibility index (Phi) is 5.37. The molecule has 1 N–H and O–H groups in total. The Bertz CT molecular complexity index is 824. The zero-order valence-electron chi connectivity index (χ0n) is 16.4. The average Bonchev–Trinajstić information content (AvgIpc) is 3.62. The van der Waals surface area contributed by atoms with E-state index in [2.05, 4.69) is 5.32 Å². The minimum Gasteiger partial charge on any atom is -0.353 e. The Morgan fingerprint density at radius 1 is 1.00 bits per heavy atom. The predicted molar refractivity (Wildman–Crippen MR) is 107 cm³/mol. The molecule has 0 atom stereocenters. The van der Waals surface area contributed by atoms with Crippen molar-refractivity contribution in [2.24, 2.45) is 7.05 Å². The maximum atomic E-state index is 13.1. The number of hydrogen-bond donors (Lipinski definition) is 1. The Morgan fingerprint density at radius 2 is 1.68 bits per heavy atom. The highest BCUT2D eigenvalue weighted by molar-refractivity contribution is 5.85. The van der Waals surface area contributed by atoms with Crippen molar-refractivity contribution in [2.75, 3.05) is 6.54 Å². The number of urea groups is 1. The van der Waals surface area contributed by atoms with Crippen molar-refractivity contribution >= 4 is 11.9 Å². The second-order valence-electron chi connectivity index (χ2n) is 7.87. The van der Waals surface area contributed by atoms with E-state index in [0.29, 0.717) is 19.1 Å². The topological polar surface area (TPSA) is 57.6 Å². The zero-order valence-corrected chi connectivity index (χ0v) is 16.4. The fraction of sp³-hybridized carbons (Fsp3) is 0.455. The monoisotopic (exact) mass is 380 g/mol. The van der Waals surface area contributed by atoms with Crippen LogP contribution >= 0.6 is 0 Å². The van der Waals surface area contributed by atoms with Crippen LogP contribution in [0, 0.1) is 0 Å². The molecule has 0 spiro atoms. The summed E-state index contributed by atoms with van der Waals surface area (Å²) >= 11 is 0. The Balaban J connectivity index is 1.38. The van der Waals surface area contributed by atoms with Crippen LogP contribution in [-0.4, -0.2) is 44.9 Å². The molecule has 28 heavy (non-hydrogen) atoms. The van der Waals surface area contributed by atoms with Crippen LogP contribution in [0.15, 0.2) is 48.7 Å². The van der Waals surface area contributed by atoms with Crippen molar-refractivity contribution in [2.45, 2.75) is 50.9 Å². The standard InChI is InChI=1S/C22H28N4O2/c1-24-13-5-8-20(24)15-25(18-9-10-18)21(27)16-26(19-11-12-19)22(28)23-14-17-6-3-2-4-7-17/h2-8,13,18-19H,9-12,14-16H2,1H3,(H,23,28). The fourth-order valence-corrected chi connectivity index (χ4v) is 3.51. The number of carbonyl (C=O) groups is 2. The normalized spacial score (nSPS) is 15.9. The maximum Gasteiger partial charge on any atom is 0.318 e. The van der Waals surface area contributed by atoms with Gasteiger partial charge in [0.2, 0.25) is 5.91 Å². The van der Waals surface area contributed by atoms with Crippen LogP contribution in [0.4, 0.5) is 4.79 Å². The van der Waals surface area contributed by atoms with Gasteiger partial charge in [0.15, 0.2) is 0 Å². The van der Waals surface area contributed by atoms with E-state index in [9.17, 15) is 9.59 Å². The first kappa shape index (κ1) is 18.6. The minimum atomic E-state index is -0.144. The van der Waals surface area contributed by atoms with E-state index in [1.165, 1.54) is 0 Å². The number of carbonyl (C=O) groups excluding carboxylic acids is 2. The molecule has 6 nitrogen and oxygen atoms in total. The second-order valence-corrected chi connectivity index (χ2v) is 7.87. The molecule has 1 heterocycles. The number of aryl methyl sites for hydroxylation is 1. The third kappa shape index (κ3) is 4.55. The third-order valence-electron chi connectivity index (χ3n) is 5.53. The van der Waals surface area contributed by atoms with E-state index >= 15 is 0 Å². The van der Waals surface area contributed by atoms with Gasteiger partial charge in [-0.05, 0) is 43.4 Å². The highest BCUT2D eigenvalue weighted by Gasteiger charge is 2.38. The van der Waals surface area contributed by atoms with Crippen molar-refractivity contribution in [3.05, 3.63) is 59.9 Å². The summed E-state index contributed by atoms with van der Waals surface area (Å²) in [6, 6.07) is 14.3. The van der Waals surface area contributed by atoms with Crippen molar-refractivity contribution in [1.82, 2.24) is 19.7 Å². The summed E-state index contributed by atoms with van der Waals surface area (Å²) in [6.45, 7) is 1.25. The quantitative estimate of drug-likeness (QED) is 0.766. The van der Waals surface area contributed by atoms with Crippen LogP contribution < -0.4 is 5.32 Å². The van der Waals surface area contributed by atoms with Crippen molar-refractivity contribution in [3.8, 4) is 0 Å². The molecule has 2 fully saturated rings. The van der Waals surface area contributed by atoms with Gasteiger partial charge in [0, 0.05) is 37.6 Å². The van der Waals surface area contributed by atoms with Crippen LogP contribution in [-0.2, 0) is 24.9 Å². The fourth-order valence-electron chi connectivity index (χ4n) is 3.51. The number of aromatic nitrogens is 1. The summed E-state index contributed by atoms with van der Waals surface area (Å²) in [5.41, 5.74) is 2.17. The van der Waals surface area contributed by atoms with Gasteiger partial charge in [-0.15, -0.1) is 0 Å². The summed E-state index contributed by atoms with van der Waals surface area (Å²) < 4.78 is 2.05. The Labute approximate surface area is 166 Å². The van der Waals surface area contributed by atoms with Gasteiger partial charge in [-0.1, -0.05) is 30.3 Å². The van der Waals surface area contributed by atoms with Crippen LogP contribution in [0.25, 0.3) is 0 Å². The molecule has 2 aliphatic carbocycles. The van der Waals surface area contributed by atoms with Crippen molar-refractivity contribution < 1.29 is 9.59 Å². The molecule has 0 unspecified atom stereocenters. The predicted octanol–water partition coefficient (Wildman–Crippen LogP) is 2.89. The first-order valence-corrected chi connectivity index (χ1v) is 10.1. The number of benzene rings is 1. The number of nitrogens with one attached hydrogen (secondary N) is 1. The van der Waals surface area contributed by atoms with Gasteiger partial charge in [0.25, 0.3) is 0 Å². The summed E-state index contributed by atoms with van der Waals surface area (Å²) in [4.78, 5) is 29.5. The molecule has 1 aromatic heterocycles. The van der Waals surface area contributed by atoms with Crippen LogP contribution in [0.3, 0.4) is 0 Å². The molecule has 2 aromatic rings. The molecule has 3 amide bonds. The van der Waals surface area contributed by atoms with E-state index in [4.69, 9.17) is 0 Å². The van der Waals surface area contributed by atoms with Gasteiger partial charge in [0.05, 0.1) is 6.54 Å². The van der Waals surface area contributed by atoms with Crippen LogP contribution in [0.1, 0.15) is 36.9 Å². The molecular formula is C22H28N4O2. The molecule has 148 valence electrons. The zero-order chi connectivity index (χ0) is 19.5. The summed E-state index contributed by atoms with van der Waals surface area (Å²) in [7, 11) is 2.00. The van der Waals surface area contributed by atoms with E-state index in [-0.39, 0.29) is 24.5 Å². The molecule has 0 bridgehead atoms. The minimum absolute atomic E-state index is 0.0467. The summed E-state index contributed by atoms with van der Waals surface area (Å²) in [6.07, 6.45) is 6.07. The van der Waals surface area contributed by atoms with Gasteiger partial charge in [0.1, 0.15) is 6.54 Å². The van der Waals surface area contributed by atoms with Crippen molar-refractivity contribution in [3.63, 3.8) is 0 Å². The second kappa shape index (κ2) is 8.09. The number of hydrogen-bond acceptors (Lipinski definition) is 2. The molecule has 6 heteroatoms. The first-order chi connectivity index (χ1) is 13.6. The molecule has 1 aromatic carbocycles. The van der Waals surface area contributed by atoms with Gasteiger partial charge >= 0.3 is 6.03 Å². The van der Waals surface area contributed by atoms with E-state index in [1.807, 2.05) is 65.2 Å². The lowest BCUT2D eigenvalue weighted by Gasteiger charge is -2.28. The lowest BCUT2D eigenvalue weighted by molar-refractivity contribution is -0.133. The first-order valence-electron chi connectivity index (χ1n) is 10.1. The van der Waals surface area contributed by atoms with Crippen LogP contribution in [0.2, 0.25) is 0 Å². The molecule has 2 saturated carbocycles. The largest absolute Gasteiger partial charge is 0.353 e. The van der Waals surface area contributed by atoms with E-state index in [0.717, 1.165) is 36.9 Å². The van der Waals surface area contributed by atoms with Gasteiger partial charge in [-0.25, -0.2) is 4.79 Å². The SMILES string of the molecule is Cn1cccc1CN(C(=O)CN(C(=O)NCc1ccccc1)C1CC1)C1CC1. The maximum absolute atomic E-state index is 13.1. The summed E-state index contributed by atoms with van der Waals surface area (Å²) in [5.74, 6) is 0.0467. The lowest BCUT2D eigenvalue weighted by atomic mass is 10.2. The molecule has 4 rings (SSSR count). The highest BCUT2D eigenvalue weighted by atomic mass is 16.2. The highest BCUT2D eigenvalue weighted by Crippen LogP contribution is 2.30. The number of rotatable bonds is 8.